The van der Waals surface area contributed by atoms with Crippen LogP contribution in [-0.2, 0) is 9.53 Å². The van der Waals surface area contributed by atoms with Crippen molar-refractivity contribution in [3.63, 3.8) is 0 Å². The summed E-state index contributed by atoms with van der Waals surface area (Å²) >= 11 is 0. The molecular weight excluding hydrogens is 244 g/mol. The Balaban J connectivity index is 4.53. The highest BCUT2D eigenvalue weighted by molar-refractivity contribution is 5.78. The number of hydrogen-bond donors (Lipinski definition) is 2. The molecule has 0 saturated carbocycles. The van der Waals surface area contributed by atoms with Crippen molar-refractivity contribution < 1.29 is 14.6 Å². The SMILES string of the molecule is CCCNC(C)(CC(C)N(C)CC(C)OC)C(=O)O. The van der Waals surface area contributed by atoms with E-state index in [-0.39, 0.29) is 12.1 Å². The zero-order valence-corrected chi connectivity index (χ0v) is 13.2. The molecule has 0 rings (SSSR count). The first-order chi connectivity index (χ1) is 8.76. The van der Waals surface area contributed by atoms with E-state index < -0.39 is 11.5 Å². The van der Waals surface area contributed by atoms with Gasteiger partial charge in [0.15, 0.2) is 0 Å². The van der Waals surface area contributed by atoms with Crippen molar-refractivity contribution in [1.82, 2.24) is 10.2 Å². The maximum absolute atomic E-state index is 11.5. The number of nitrogens with zero attached hydrogens (tertiary/aromatic N) is 1. The first kappa shape index (κ1) is 18.4. The summed E-state index contributed by atoms with van der Waals surface area (Å²) in [5.41, 5.74) is -0.875. The number of carbonyl (C=O) groups is 1. The highest BCUT2D eigenvalue weighted by Gasteiger charge is 2.34. The molecule has 0 radical (unpaired) electrons. The quantitative estimate of drug-likeness (QED) is 0.633. The average molecular weight is 274 g/mol. The lowest BCUT2D eigenvalue weighted by atomic mass is 9.92. The first-order valence-electron chi connectivity index (χ1n) is 6.98. The van der Waals surface area contributed by atoms with Crippen molar-refractivity contribution in [3.8, 4) is 0 Å². The normalized spacial score (nSPS) is 18.1. The molecule has 114 valence electrons. The Kier molecular flexibility index (Phi) is 8.22. The highest BCUT2D eigenvalue weighted by atomic mass is 16.5. The van der Waals surface area contributed by atoms with Gasteiger partial charge in [0.05, 0.1) is 6.10 Å². The van der Waals surface area contributed by atoms with Gasteiger partial charge in [0.25, 0.3) is 0 Å². The minimum absolute atomic E-state index is 0.145. The first-order valence-corrected chi connectivity index (χ1v) is 6.98. The summed E-state index contributed by atoms with van der Waals surface area (Å²) in [6.45, 7) is 9.36. The smallest absolute Gasteiger partial charge is 0.323 e. The number of rotatable bonds is 10. The molecular formula is C14H30N2O3. The Morgan fingerprint density at radius 2 is 2.05 bits per heavy atom. The third-order valence-electron chi connectivity index (χ3n) is 3.64. The fourth-order valence-corrected chi connectivity index (χ4v) is 2.04. The second-order valence-corrected chi connectivity index (χ2v) is 5.60. The summed E-state index contributed by atoms with van der Waals surface area (Å²) in [4.78, 5) is 13.6. The maximum atomic E-state index is 11.5. The Morgan fingerprint density at radius 1 is 1.47 bits per heavy atom. The molecule has 3 atom stereocenters. The van der Waals surface area contributed by atoms with E-state index in [0.29, 0.717) is 13.0 Å². The van der Waals surface area contributed by atoms with E-state index in [1.54, 1.807) is 14.0 Å². The fraction of sp³-hybridized carbons (Fsp3) is 0.929. The molecule has 19 heavy (non-hydrogen) atoms. The minimum Gasteiger partial charge on any atom is -0.480 e. The predicted octanol–water partition coefficient (Wildman–Crippen LogP) is 1.57. The molecule has 0 spiro atoms. The van der Waals surface area contributed by atoms with E-state index in [1.807, 2.05) is 20.9 Å². The molecule has 0 aromatic heterocycles. The molecule has 2 N–H and O–H groups in total. The molecule has 3 unspecified atom stereocenters. The largest absolute Gasteiger partial charge is 0.480 e. The van der Waals surface area contributed by atoms with E-state index in [9.17, 15) is 9.90 Å². The van der Waals surface area contributed by atoms with Gasteiger partial charge >= 0.3 is 5.97 Å². The lowest BCUT2D eigenvalue weighted by Gasteiger charge is -2.34. The molecule has 0 amide bonds. The number of hydrogen-bond acceptors (Lipinski definition) is 4. The van der Waals surface area contributed by atoms with Gasteiger partial charge in [-0.3, -0.25) is 4.79 Å². The molecule has 5 nitrogen and oxygen atoms in total. The van der Waals surface area contributed by atoms with E-state index >= 15 is 0 Å². The van der Waals surface area contributed by atoms with Crippen LogP contribution in [-0.4, -0.2) is 60.9 Å². The second-order valence-electron chi connectivity index (χ2n) is 5.60. The zero-order valence-electron chi connectivity index (χ0n) is 13.2. The summed E-state index contributed by atoms with van der Waals surface area (Å²) in [6.07, 6.45) is 1.63. The van der Waals surface area contributed by atoms with Crippen LogP contribution in [0.5, 0.6) is 0 Å². The van der Waals surface area contributed by atoms with Crippen LogP contribution in [0.4, 0.5) is 0 Å². The van der Waals surface area contributed by atoms with Crippen LogP contribution in [0, 0.1) is 0 Å². The van der Waals surface area contributed by atoms with Gasteiger partial charge in [0.1, 0.15) is 5.54 Å². The Morgan fingerprint density at radius 3 is 2.47 bits per heavy atom. The molecule has 0 aromatic rings. The maximum Gasteiger partial charge on any atom is 0.323 e. The molecule has 0 bridgehead atoms. The van der Waals surface area contributed by atoms with E-state index in [0.717, 1.165) is 13.0 Å². The molecule has 0 heterocycles. The van der Waals surface area contributed by atoms with Crippen LogP contribution in [0.2, 0.25) is 0 Å². The molecule has 0 aliphatic carbocycles. The average Bonchev–Trinajstić information content (AvgIpc) is 2.35. The number of ether oxygens (including phenoxy) is 1. The van der Waals surface area contributed by atoms with E-state index in [2.05, 4.69) is 17.1 Å². The van der Waals surface area contributed by atoms with Crippen molar-refractivity contribution >= 4 is 5.97 Å². The lowest BCUT2D eigenvalue weighted by Crippen LogP contribution is -2.53. The van der Waals surface area contributed by atoms with Crippen LogP contribution in [0.25, 0.3) is 0 Å². The second kappa shape index (κ2) is 8.51. The number of nitrogens with one attached hydrogen (secondary N) is 1. The summed E-state index contributed by atoms with van der Waals surface area (Å²) in [6, 6.07) is 0.169. The number of carboxylic acid groups (broad SMARTS) is 1. The number of aliphatic carboxylic acids is 1. The Bertz CT molecular complexity index is 273. The van der Waals surface area contributed by atoms with Crippen LogP contribution < -0.4 is 5.32 Å². The highest BCUT2D eigenvalue weighted by Crippen LogP contribution is 2.16. The molecule has 0 aliphatic rings. The monoisotopic (exact) mass is 274 g/mol. The molecule has 0 fully saturated rings. The number of likely N-dealkylation sites (N-methyl/N-ethyl adjacent to an activating group) is 1. The van der Waals surface area contributed by atoms with Gasteiger partial charge in [0, 0.05) is 19.7 Å². The summed E-state index contributed by atoms with van der Waals surface area (Å²) < 4.78 is 5.24. The summed E-state index contributed by atoms with van der Waals surface area (Å²) in [7, 11) is 3.69. The zero-order chi connectivity index (χ0) is 15.1. The van der Waals surface area contributed by atoms with Crippen LogP contribution in [0.3, 0.4) is 0 Å². The Hall–Kier alpha value is -0.650. The fourth-order valence-electron chi connectivity index (χ4n) is 2.04. The van der Waals surface area contributed by atoms with Crippen molar-refractivity contribution in [1.29, 1.82) is 0 Å². The van der Waals surface area contributed by atoms with Gasteiger partial charge in [-0.15, -0.1) is 0 Å². The van der Waals surface area contributed by atoms with Crippen LogP contribution in [0.1, 0.15) is 40.5 Å². The molecule has 0 saturated heterocycles. The van der Waals surface area contributed by atoms with Crippen LogP contribution >= 0.6 is 0 Å². The van der Waals surface area contributed by atoms with Gasteiger partial charge < -0.3 is 20.1 Å². The van der Waals surface area contributed by atoms with Gasteiger partial charge in [-0.2, -0.15) is 0 Å². The lowest BCUT2D eigenvalue weighted by molar-refractivity contribution is -0.145. The number of methoxy groups -OCH3 is 1. The number of carboxylic acids is 1. The van der Waals surface area contributed by atoms with E-state index in [4.69, 9.17) is 4.74 Å². The standard InChI is InChI=1S/C14H30N2O3/c1-7-8-15-14(4,13(17)18)9-11(2)16(5)10-12(3)19-6/h11-12,15H,7-10H2,1-6H3,(H,17,18). The van der Waals surface area contributed by atoms with Crippen molar-refractivity contribution in [2.45, 2.75) is 58.2 Å². The minimum atomic E-state index is -0.875. The van der Waals surface area contributed by atoms with Crippen LogP contribution in [0.15, 0.2) is 0 Å². The third kappa shape index (κ3) is 6.36. The van der Waals surface area contributed by atoms with Gasteiger partial charge in [0.2, 0.25) is 0 Å². The topological polar surface area (TPSA) is 61.8 Å². The van der Waals surface area contributed by atoms with Crippen molar-refractivity contribution in [2.75, 3.05) is 27.2 Å². The van der Waals surface area contributed by atoms with Gasteiger partial charge in [-0.05, 0) is 47.2 Å². The molecule has 0 aromatic carbocycles. The van der Waals surface area contributed by atoms with Gasteiger partial charge in [-0.1, -0.05) is 6.92 Å². The molecule has 5 heteroatoms. The van der Waals surface area contributed by atoms with Crippen molar-refractivity contribution in [3.05, 3.63) is 0 Å². The van der Waals surface area contributed by atoms with Gasteiger partial charge in [-0.25, -0.2) is 0 Å². The summed E-state index contributed by atoms with van der Waals surface area (Å²) in [5, 5.41) is 12.6. The van der Waals surface area contributed by atoms with E-state index in [1.165, 1.54) is 0 Å². The predicted molar refractivity (Wildman–Crippen MR) is 77.5 cm³/mol. The molecule has 0 aliphatic heterocycles. The Labute approximate surface area is 117 Å². The third-order valence-corrected chi connectivity index (χ3v) is 3.64. The summed E-state index contributed by atoms with van der Waals surface area (Å²) in [5.74, 6) is -0.791. The van der Waals surface area contributed by atoms with Crippen molar-refractivity contribution in [2.24, 2.45) is 0 Å².